The number of allylic oxidation sites excluding steroid dienone is 4. The molecule has 0 aliphatic carbocycles. The van der Waals surface area contributed by atoms with E-state index >= 15 is 0 Å². The predicted molar refractivity (Wildman–Crippen MR) is 265 cm³/mol. The highest BCUT2D eigenvalue weighted by molar-refractivity contribution is 5.86. The first-order valence-corrected chi connectivity index (χ1v) is 26.0. The maximum atomic E-state index is 13.4. The van der Waals surface area contributed by atoms with Crippen molar-refractivity contribution in [3.05, 3.63) is 24.3 Å². The summed E-state index contributed by atoms with van der Waals surface area (Å²) in [7, 11) is 0. The number of nitrogens with one attached hydrogen (secondary N) is 4. The van der Waals surface area contributed by atoms with Crippen LogP contribution in [-0.4, -0.2) is 60.4 Å². The Balaban J connectivity index is 4.78. The normalized spacial score (nSPS) is 13.0. The highest BCUT2D eigenvalue weighted by Gasteiger charge is 2.27. The molecule has 0 aliphatic heterocycles. The first-order valence-electron chi connectivity index (χ1n) is 26.0. The average Bonchev–Trinajstić information content (AvgIpc) is 3.20. The number of hydrogen-bond acceptors (Lipinski definition) is 6. The maximum Gasteiger partial charge on any atom is 0.408 e. The lowest BCUT2D eigenvalue weighted by molar-refractivity contribution is -0.123. The number of ether oxygens (including phenoxy) is 2. The molecule has 0 spiro atoms. The van der Waals surface area contributed by atoms with E-state index in [1.54, 1.807) is 41.5 Å². The van der Waals surface area contributed by atoms with E-state index in [1.165, 1.54) is 128 Å². The molecule has 4 amide bonds. The SMILES string of the molecule is CCCCCCCC/C=C\CCCCCCCCNC(=O)C(CCCC(NC(=O)OC(C)(C)C)C(=O)NCCCCCCCC/C=C\CCCCCCCC)NC(=O)OC(C)(C)C. The third-order valence-corrected chi connectivity index (χ3v) is 11.0. The van der Waals surface area contributed by atoms with Crippen molar-refractivity contribution in [1.82, 2.24) is 21.3 Å². The van der Waals surface area contributed by atoms with Gasteiger partial charge in [0.25, 0.3) is 0 Å². The largest absolute Gasteiger partial charge is 0.444 e. The van der Waals surface area contributed by atoms with Crippen molar-refractivity contribution in [1.29, 1.82) is 0 Å². The smallest absolute Gasteiger partial charge is 0.408 e. The van der Waals surface area contributed by atoms with E-state index in [1.807, 2.05) is 0 Å². The molecule has 0 radical (unpaired) electrons. The molecular weight excluding hydrogens is 789 g/mol. The lowest BCUT2D eigenvalue weighted by Gasteiger charge is -2.25. The van der Waals surface area contributed by atoms with E-state index in [0.29, 0.717) is 19.5 Å². The van der Waals surface area contributed by atoms with E-state index in [9.17, 15) is 19.2 Å². The van der Waals surface area contributed by atoms with Crippen LogP contribution < -0.4 is 21.3 Å². The van der Waals surface area contributed by atoms with Gasteiger partial charge >= 0.3 is 12.2 Å². The summed E-state index contributed by atoms with van der Waals surface area (Å²) in [4.78, 5) is 52.3. The Labute approximate surface area is 387 Å². The van der Waals surface area contributed by atoms with Gasteiger partial charge in [0.2, 0.25) is 11.8 Å². The molecular formula is C53H100N4O6. The quantitative estimate of drug-likeness (QED) is 0.0357. The van der Waals surface area contributed by atoms with E-state index in [0.717, 1.165) is 51.4 Å². The fraction of sp³-hybridized carbons (Fsp3) is 0.849. The van der Waals surface area contributed by atoms with Gasteiger partial charge in [-0.1, -0.05) is 154 Å². The summed E-state index contributed by atoms with van der Waals surface area (Å²) < 4.78 is 10.9. The Hall–Kier alpha value is -3.04. The number of unbranched alkanes of at least 4 members (excludes halogenated alkanes) is 24. The first-order chi connectivity index (χ1) is 30.2. The van der Waals surface area contributed by atoms with E-state index in [2.05, 4.69) is 59.4 Å². The molecule has 2 atom stereocenters. The van der Waals surface area contributed by atoms with Crippen molar-refractivity contribution in [2.45, 2.75) is 278 Å². The van der Waals surface area contributed by atoms with Gasteiger partial charge in [-0.3, -0.25) is 9.59 Å². The number of hydrogen-bond donors (Lipinski definition) is 4. The third kappa shape index (κ3) is 42.7. The zero-order valence-corrected chi connectivity index (χ0v) is 42.2. The van der Waals surface area contributed by atoms with Crippen LogP contribution in [0.5, 0.6) is 0 Å². The molecule has 0 aromatic rings. The second kappa shape index (κ2) is 40.5. The third-order valence-electron chi connectivity index (χ3n) is 11.0. The van der Waals surface area contributed by atoms with Crippen molar-refractivity contribution in [3.8, 4) is 0 Å². The number of amides is 4. The molecule has 0 aliphatic rings. The van der Waals surface area contributed by atoms with Gasteiger partial charge in [-0.25, -0.2) is 9.59 Å². The summed E-state index contributed by atoms with van der Waals surface area (Å²) in [6.07, 6.45) is 43.1. The molecule has 0 heterocycles. The minimum Gasteiger partial charge on any atom is -0.444 e. The molecule has 0 bridgehead atoms. The monoisotopic (exact) mass is 889 g/mol. The van der Waals surface area contributed by atoms with E-state index in [4.69, 9.17) is 9.47 Å². The molecule has 4 N–H and O–H groups in total. The summed E-state index contributed by atoms with van der Waals surface area (Å²) in [5.41, 5.74) is -1.45. The molecule has 10 heteroatoms. The molecule has 0 saturated heterocycles. The van der Waals surface area contributed by atoms with Gasteiger partial charge in [0.05, 0.1) is 0 Å². The van der Waals surface area contributed by atoms with Crippen LogP contribution in [0, 0.1) is 0 Å². The van der Waals surface area contributed by atoms with Crippen molar-refractivity contribution in [2.24, 2.45) is 0 Å². The van der Waals surface area contributed by atoms with Crippen LogP contribution in [0.25, 0.3) is 0 Å². The molecule has 10 nitrogen and oxygen atoms in total. The highest BCUT2D eigenvalue weighted by Crippen LogP contribution is 2.14. The Morgan fingerprint density at radius 1 is 0.397 bits per heavy atom. The van der Waals surface area contributed by atoms with Crippen LogP contribution in [0.15, 0.2) is 24.3 Å². The minimum atomic E-state index is -0.847. The molecule has 0 rings (SSSR count). The summed E-state index contributed by atoms with van der Waals surface area (Å²) in [6.45, 7) is 16.2. The van der Waals surface area contributed by atoms with E-state index in [-0.39, 0.29) is 24.7 Å². The van der Waals surface area contributed by atoms with Crippen molar-refractivity contribution in [3.63, 3.8) is 0 Å². The van der Waals surface area contributed by atoms with E-state index < -0.39 is 35.5 Å². The van der Waals surface area contributed by atoms with Gasteiger partial charge in [-0.2, -0.15) is 0 Å². The Kier molecular flexibility index (Phi) is 38.5. The van der Waals surface area contributed by atoms with Gasteiger partial charge in [0.15, 0.2) is 0 Å². The van der Waals surface area contributed by atoms with Gasteiger partial charge in [0, 0.05) is 13.1 Å². The minimum absolute atomic E-state index is 0.271. The van der Waals surface area contributed by atoms with Crippen LogP contribution >= 0.6 is 0 Å². The number of rotatable bonds is 40. The van der Waals surface area contributed by atoms with Crippen LogP contribution in [0.1, 0.15) is 254 Å². The van der Waals surface area contributed by atoms with Crippen LogP contribution in [0.3, 0.4) is 0 Å². The van der Waals surface area contributed by atoms with Crippen molar-refractivity contribution < 1.29 is 28.7 Å². The lowest BCUT2D eigenvalue weighted by atomic mass is 10.0. The molecule has 0 aromatic heterocycles. The average molecular weight is 889 g/mol. The topological polar surface area (TPSA) is 135 Å². The zero-order valence-electron chi connectivity index (χ0n) is 42.2. The number of alkyl carbamates (subject to hydrolysis) is 2. The lowest BCUT2D eigenvalue weighted by Crippen LogP contribution is -2.50. The molecule has 368 valence electrons. The van der Waals surface area contributed by atoms with Crippen molar-refractivity contribution >= 4 is 24.0 Å². The summed E-state index contributed by atoms with van der Waals surface area (Å²) >= 11 is 0. The van der Waals surface area contributed by atoms with Crippen LogP contribution in [0.2, 0.25) is 0 Å². The summed E-state index contributed by atoms with van der Waals surface area (Å²) in [5, 5.41) is 11.5. The second-order valence-corrected chi connectivity index (χ2v) is 19.8. The van der Waals surface area contributed by atoms with Gasteiger partial charge in [-0.15, -0.1) is 0 Å². The highest BCUT2D eigenvalue weighted by atomic mass is 16.6. The zero-order chi connectivity index (χ0) is 46.9. The van der Waals surface area contributed by atoms with Gasteiger partial charge in [-0.05, 0) is 125 Å². The fourth-order valence-electron chi connectivity index (χ4n) is 7.38. The standard InChI is InChI=1S/C53H100N4O6/c1-9-11-13-15-17-19-21-23-25-27-29-31-33-35-37-39-44-54-48(58)46(56-50(60)62-52(3,4)5)42-41-43-47(57-51(61)63-53(6,7)8)49(59)55-45-40-38-36-34-32-30-28-26-24-22-20-18-16-14-12-10-2/h23-26,46-47H,9-22,27-45H2,1-8H3,(H,54,58)(H,55,59)(H,56,60)(H,57,61)/b25-23-,26-24-. The molecule has 63 heavy (non-hydrogen) atoms. The van der Waals surface area contributed by atoms with Gasteiger partial charge < -0.3 is 30.7 Å². The predicted octanol–water partition coefficient (Wildman–Crippen LogP) is 14.3. The van der Waals surface area contributed by atoms with Crippen molar-refractivity contribution in [2.75, 3.05) is 13.1 Å². The molecule has 2 unspecified atom stereocenters. The summed E-state index contributed by atoms with van der Waals surface area (Å²) in [6, 6.07) is -1.69. The Morgan fingerprint density at radius 2 is 0.667 bits per heavy atom. The molecule has 0 saturated carbocycles. The maximum absolute atomic E-state index is 13.4. The molecule has 0 aromatic carbocycles. The Morgan fingerprint density at radius 3 is 0.952 bits per heavy atom. The number of carbonyl (C=O) groups is 4. The number of carbonyl (C=O) groups excluding carboxylic acids is 4. The summed E-state index contributed by atoms with van der Waals surface area (Å²) in [5.74, 6) is -0.565. The van der Waals surface area contributed by atoms with Crippen LogP contribution in [0.4, 0.5) is 9.59 Å². The second-order valence-electron chi connectivity index (χ2n) is 19.8. The Bertz CT molecular complexity index is 1100. The molecule has 0 fully saturated rings. The van der Waals surface area contributed by atoms with Crippen LogP contribution in [-0.2, 0) is 19.1 Å². The first kappa shape index (κ1) is 60.0. The fourth-order valence-corrected chi connectivity index (χ4v) is 7.38. The van der Waals surface area contributed by atoms with Gasteiger partial charge in [0.1, 0.15) is 23.3 Å².